The molecule has 1 unspecified atom stereocenters. The first-order valence-corrected chi connectivity index (χ1v) is 7.94. The van der Waals surface area contributed by atoms with Crippen LogP contribution in [-0.2, 0) is 16.0 Å². The van der Waals surface area contributed by atoms with Gasteiger partial charge in [-0.05, 0) is 46.8 Å². The molecule has 0 bridgehead atoms. The maximum Gasteiger partial charge on any atom is 0.147 e. The highest BCUT2D eigenvalue weighted by molar-refractivity contribution is 9.10. The van der Waals surface area contributed by atoms with E-state index in [1.807, 2.05) is 16.8 Å². The molecule has 1 aromatic carbocycles. The Balaban J connectivity index is 1.54. The molecule has 7 heteroatoms. The lowest BCUT2D eigenvalue weighted by molar-refractivity contribution is 0.0319. The first kappa shape index (κ1) is 13.5. The van der Waals surface area contributed by atoms with Gasteiger partial charge in [0.1, 0.15) is 30.8 Å². The van der Waals surface area contributed by atoms with Gasteiger partial charge < -0.3 is 14.2 Å². The Hall–Kier alpha value is -1.18. The smallest absolute Gasteiger partial charge is 0.147 e. The van der Waals surface area contributed by atoms with Crippen LogP contribution in [0.5, 0.6) is 5.75 Å². The van der Waals surface area contributed by atoms with E-state index in [1.54, 1.807) is 0 Å². The van der Waals surface area contributed by atoms with Crippen molar-refractivity contribution in [2.24, 2.45) is 5.92 Å². The molecule has 21 heavy (non-hydrogen) atoms. The number of ether oxygens (including phenoxy) is 3. The summed E-state index contributed by atoms with van der Waals surface area (Å²) < 4.78 is 19.1. The predicted molar refractivity (Wildman–Crippen MR) is 79.1 cm³/mol. The van der Waals surface area contributed by atoms with E-state index in [0.717, 1.165) is 33.7 Å². The number of hydrogen-bond acceptors (Lipinski definition) is 5. The van der Waals surface area contributed by atoms with E-state index in [1.165, 1.54) is 12.8 Å². The average Bonchev–Trinajstić information content (AvgIpc) is 2.99. The molecule has 2 fully saturated rings. The number of rotatable bonds is 5. The first-order chi connectivity index (χ1) is 10.3. The molecule has 1 aliphatic carbocycles. The quantitative estimate of drug-likeness (QED) is 0.825. The summed E-state index contributed by atoms with van der Waals surface area (Å²) in [5.74, 6) is 1.53. The van der Waals surface area contributed by atoms with E-state index < -0.39 is 0 Å². The molecule has 1 atom stereocenters. The van der Waals surface area contributed by atoms with Crippen LogP contribution in [0.4, 0.5) is 0 Å². The number of hydrogen-bond donors (Lipinski definition) is 0. The van der Waals surface area contributed by atoms with E-state index in [4.69, 9.17) is 14.2 Å². The Kier molecular flexibility index (Phi) is 3.56. The van der Waals surface area contributed by atoms with E-state index >= 15 is 0 Å². The molecular formula is C14H16BrN3O3. The van der Waals surface area contributed by atoms with Crippen molar-refractivity contribution in [3.63, 3.8) is 0 Å². The minimum Gasteiger partial charge on any atom is -0.490 e. The summed E-state index contributed by atoms with van der Waals surface area (Å²) in [4.78, 5) is 0. The second kappa shape index (κ2) is 5.55. The van der Waals surface area contributed by atoms with E-state index in [0.29, 0.717) is 20.0 Å². The fourth-order valence-electron chi connectivity index (χ4n) is 2.43. The minimum absolute atomic E-state index is 0.00172. The van der Waals surface area contributed by atoms with Crippen molar-refractivity contribution in [1.29, 1.82) is 0 Å². The molecule has 0 spiro atoms. The normalized spacial score (nSPS) is 22.0. The Bertz CT molecular complexity index is 650. The van der Waals surface area contributed by atoms with Crippen LogP contribution < -0.4 is 4.74 Å². The van der Waals surface area contributed by atoms with Crippen LogP contribution in [-0.4, -0.2) is 41.1 Å². The summed E-state index contributed by atoms with van der Waals surface area (Å²) in [6.07, 6.45) is 2.60. The molecule has 1 aromatic heterocycles. The third-order valence-electron chi connectivity index (χ3n) is 3.83. The molecule has 0 amide bonds. The maximum absolute atomic E-state index is 5.80. The predicted octanol–water partition coefficient (Wildman–Crippen LogP) is 2.36. The molecule has 112 valence electrons. The average molecular weight is 354 g/mol. The fourth-order valence-corrected chi connectivity index (χ4v) is 2.96. The van der Waals surface area contributed by atoms with Crippen LogP contribution in [0, 0.1) is 5.92 Å². The van der Waals surface area contributed by atoms with E-state index in [-0.39, 0.29) is 6.10 Å². The van der Waals surface area contributed by atoms with Gasteiger partial charge in [0, 0.05) is 6.54 Å². The van der Waals surface area contributed by atoms with Gasteiger partial charge in [0.25, 0.3) is 0 Å². The van der Waals surface area contributed by atoms with Gasteiger partial charge >= 0.3 is 0 Å². The van der Waals surface area contributed by atoms with Crippen molar-refractivity contribution in [2.45, 2.75) is 25.5 Å². The highest BCUT2D eigenvalue weighted by Gasteiger charge is 2.24. The zero-order valence-electron chi connectivity index (χ0n) is 11.5. The molecule has 2 heterocycles. The van der Waals surface area contributed by atoms with Crippen molar-refractivity contribution in [3.8, 4) is 5.75 Å². The van der Waals surface area contributed by atoms with Gasteiger partial charge in [-0.25, -0.2) is 4.68 Å². The third-order valence-corrected chi connectivity index (χ3v) is 4.60. The lowest BCUT2D eigenvalue weighted by Gasteiger charge is -2.11. The van der Waals surface area contributed by atoms with Gasteiger partial charge in [0.15, 0.2) is 0 Å². The molecule has 2 aromatic rings. The molecule has 1 aliphatic heterocycles. The summed E-state index contributed by atoms with van der Waals surface area (Å²) in [5.41, 5.74) is 1.89. The zero-order valence-corrected chi connectivity index (χ0v) is 13.1. The van der Waals surface area contributed by atoms with Gasteiger partial charge in [-0.2, -0.15) is 0 Å². The van der Waals surface area contributed by atoms with Crippen LogP contribution >= 0.6 is 15.9 Å². The van der Waals surface area contributed by atoms with Gasteiger partial charge in [-0.1, -0.05) is 5.21 Å². The largest absolute Gasteiger partial charge is 0.490 e. The van der Waals surface area contributed by atoms with Gasteiger partial charge in [0.2, 0.25) is 0 Å². The molecule has 4 rings (SSSR count). The maximum atomic E-state index is 5.80. The molecule has 1 saturated carbocycles. The van der Waals surface area contributed by atoms with Gasteiger partial charge in [0.05, 0.1) is 16.6 Å². The molecule has 0 radical (unpaired) electrons. The minimum atomic E-state index is -0.00172. The Morgan fingerprint density at radius 1 is 1.38 bits per heavy atom. The van der Waals surface area contributed by atoms with Crippen molar-refractivity contribution in [2.75, 3.05) is 20.0 Å². The molecule has 2 aliphatic rings. The Labute approximate surface area is 130 Å². The van der Waals surface area contributed by atoms with Gasteiger partial charge in [-0.15, -0.1) is 5.10 Å². The van der Waals surface area contributed by atoms with E-state index in [9.17, 15) is 0 Å². The third kappa shape index (κ3) is 2.77. The fraction of sp³-hybridized carbons (Fsp3) is 0.571. The number of aromatic nitrogens is 3. The molecule has 6 nitrogen and oxygen atoms in total. The van der Waals surface area contributed by atoms with Gasteiger partial charge in [-0.3, -0.25) is 0 Å². The Morgan fingerprint density at radius 3 is 3.05 bits per heavy atom. The lowest BCUT2D eigenvalue weighted by Crippen LogP contribution is -2.19. The Morgan fingerprint density at radius 2 is 2.29 bits per heavy atom. The highest BCUT2D eigenvalue weighted by Crippen LogP contribution is 2.34. The first-order valence-electron chi connectivity index (χ1n) is 7.15. The molecule has 1 saturated heterocycles. The summed E-state index contributed by atoms with van der Waals surface area (Å²) in [6, 6.07) is 3.97. The summed E-state index contributed by atoms with van der Waals surface area (Å²) >= 11 is 3.57. The number of halogens is 1. The molecular weight excluding hydrogens is 338 g/mol. The zero-order chi connectivity index (χ0) is 14.2. The SMILES string of the molecule is Brc1c(OCC2COCO2)ccc2c1nnn2CC1CC1. The highest BCUT2D eigenvalue weighted by atomic mass is 79.9. The van der Waals surface area contributed by atoms with Crippen molar-refractivity contribution in [3.05, 3.63) is 16.6 Å². The topological polar surface area (TPSA) is 58.4 Å². The second-order valence-electron chi connectivity index (χ2n) is 5.55. The number of benzene rings is 1. The van der Waals surface area contributed by atoms with Crippen molar-refractivity contribution < 1.29 is 14.2 Å². The lowest BCUT2D eigenvalue weighted by atomic mass is 10.3. The summed E-state index contributed by atoms with van der Waals surface area (Å²) in [5, 5.41) is 8.52. The molecule has 0 N–H and O–H groups in total. The summed E-state index contributed by atoms with van der Waals surface area (Å²) in [6.45, 7) is 2.36. The van der Waals surface area contributed by atoms with Crippen LogP contribution in [0.2, 0.25) is 0 Å². The van der Waals surface area contributed by atoms with Crippen LogP contribution in [0.15, 0.2) is 16.6 Å². The van der Waals surface area contributed by atoms with Crippen LogP contribution in [0.3, 0.4) is 0 Å². The second-order valence-corrected chi connectivity index (χ2v) is 6.34. The number of fused-ring (bicyclic) bond motifs is 1. The summed E-state index contributed by atoms with van der Waals surface area (Å²) in [7, 11) is 0. The van der Waals surface area contributed by atoms with Crippen molar-refractivity contribution in [1.82, 2.24) is 15.0 Å². The number of nitrogens with zero attached hydrogens (tertiary/aromatic N) is 3. The standard InChI is InChI=1S/C14H16BrN3O3/c15-13-12(20-7-10-6-19-8-21-10)4-3-11-14(13)16-17-18(11)5-9-1-2-9/h3-4,9-10H,1-2,5-8H2. The van der Waals surface area contributed by atoms with E-state index in [2.05, 4.69) is 26.2 Å². The van der Waals surface area contributed by atoms with Crippen LogP contribution in [0.1, 0.15) is 12.8 Å². The van der Waals surface area contributed by atoms with Crippen molar-refractivity contribution >= 4 is 27.0 Å². The van der Waals surface area contributed by atoms with Crippen LogP contribution in [0.25, 0.3) is 11.0 Å². The monoisotopic (exact) mass is 353 g/mol.